The highest BCUT2D eigenvalue weighted by Gasteiger charge is 2.44. The van der Waals surface area contributed by atoms with Crippen molar-refractivity contribution in [2.24, 2.45) is 11.8 Å². The molecule has 0 spiro atoms. The number of aryl methyl sites for hydroxylation is 1. The zero-order valence-corrected chi connectivity index (χ0v) is 25.1. The Morgan fingerprint density at radius 1 is 1.05 bits per heavy atom. The summed E-state index contributed by atoms with van der Waals surface area (Å²) in [4.78, 5) is 35.0. The first-order valence-electron chi connectivity index (χ1n) is 14.3. The van der Waals surface area contributed by atoms with E-state index in [0.717, 1.165) is 36.9 Å². The van der Waals surface area contributed by atoms with Crippen LogP contribution in [-0.4, -0.2) is 32.9 Å². The van der Waals surface area contributed by atoms with E-state index in [9.17, 15) is 14.0 Å². The Morgan fingerprint density at radius 2 is 1.68 bits per heavy atom. The highest BCUT2D eigenvalue weighted by atomic mass is 19.1. The molecule has 2 N–H and O–H groups in total. The molecule has 0 saturated heterocycles. The van der Waals surface area contributed by atoms with Crippen LogP contribution < -0.4 is 10.6 Å². The van der Waals surface area contributed by atoms with Crippen LogP contribution in [0.3, 0.4) is 0 Å². The number of aromatic nitrogens is 2. The van der Waals surface area contributed by atoms with E-state index in [1.54, 1.807) is 19.9 Å². The molecule has 2 atom stereocenters. The molecule has 1 aromatic rings. The molecule has 1 aliphatic rings. The maximum absolute atomic E-state index is 14.6. The molecule has 212 valence electrons. The normalized spacial score (nSPS) is 24.3. The zero-order chi connectivity index (χ0) is 28.7. The first kappa shape index (κ1) is 31.6. The van der Waals surface area contributed by atoms with Crippen LogP contribution in [-0.2, 0) is 22.4 Å². The fraction of sp³-hybridized carbons (Fsp3) is 0.677. The lowest BCUT2D eigenvalue weighted by molar-refractivity contribution is -0.121. The van der Waals surface area contributed by atoms with E-state index in [4.69, 9.17) is 0 Å². The fourth-order valence-electron chi connectivity index (χ4n) is 5.09. The Morgan fingerprint density at radius 3 is 2.21 bits per heavy atom. The van der Waals surface area contributed by atoms with Gasteiger partial charge in [-0.1, -0.05) is 47.5 Å². The van der Waals surface area contributed by atoms with E-state index >= 15 is 0 Å². The van der Waals surface area contributed by atoms with Crippen molar-refractivity contribution in [3.05, 3.63) is 40.5 Å². The van der Waals surface area contributed by atoms with Crippen molar-refractivity contribution in [3.8, 4) is 0 Å². The topological polar surface area (TPSA) is 84.0 Å². The van der Waals surface area contributed by atoms with Gasteiger partial charge in [-0.15, -0.1) is 0 Å². The SMILES string of the molecule is CCc1ncnc(N/C(=C/C(C)=C(\C)C(=O)NC2(C(C)CC)CCC(C)(F)CC2)C(C)=O)c1CC(C)CC. The molecule has 0 bridgehead atoms. The summed E-state index contributed by atoms with van der Waals surface area (Å²) in [6, 6.07) is 0. The minimum Gasteiger partial charge on any atom is -0.347 e. The van der Waals surface area contributed by atoms with Gasteiger partial charge in [-0.05, 0) is 82.8 Å². The number of carbonyl (C=O) groups excluding carboxylic acids is 2. The fourth-order valence-corrected chi connectivity index (χ4v) is 5.09. The molecular formula is C31H49FN4O2. The van der Waals surface area contributed by atoms with E-state index in [0.29, 0.717) is 54.3 Å². The highest BCUT2D eigenvalue weighted by molar-refractivity contribution is 5.98. The number of nitrogens with one attached hydrogen (secondary N) is 2. The summed E-state index contributed by atoms with van der Waals surface area (Å²) in [5.74, 6) is 1.01. The summed E-state index contributed by atoms with van der Waals surface area (Å²) in [6.45, 7) is 17.4. The van der Waals surface area contributed by atoms with E-state index in [2.05, 4.69) is 55.2 Å². The molecule has 1 aliphatic carbocycles. The number of hydrogen-bond donors (Lipinski definition) is 2. The van der Waals surface area contributed by atoms with Crippen molar-refractivity contribution in [1.82, 2.24) is 15.3 Å². The second-order valence-corrected chi connectivity index (χ2v) is 11.6. The number of hydrogen-bond acceptors (Lipinski definition) is 5. The summed E-state index contributed by atoms with van der Waals surface area (Å²) >= 11 is 0. The van der Waals surface area contributed by atoms with Gasteiger partial charge in [0.1, 0.15) is 17.8 Å². The molecule has 1 aromatic heterocycles. The van der Waals surface area contributed by atoms with Crippen molar-refractivity contribution < 1.29 is 14.0 Å². The third-order valence-corrected chi connectivity index (χ3v) is 8.65. The van der Waals surface area contributed by atoms with Gasteiger partial charge >= 0.3 is 0 Å². The molecule has 0 aromatic carbocycles. The van der Waals surface area contributed by atoms with Crippen LogP contribution in [0, 0.1) is 11.8 Å². The third-order valence-electron chi connectivity index (χ3n) is 8.65. The van der Waals surface area contributed by atoms with E-state index in [1.165, 1.54) is 13.3 Å². The van der Waals surface area contributed by atoms with Crippen LogP contribution >= 0.6 is 0 Å². The van der Waals surface area contributed by atoms with E-state index < -0.39 is 11.2 Å². The number of ketones is 1. The summed E-state index contributed by atoms with van der Waals surface area (Å²) in [5.41, 5.74) is 2.01. The van der Waals surface area contributed by atoms with Gasteiger partial charge in [0.25, 0.3) is 0 Å². The number of rotatable bonds is 12. The van der Waals surface area contributed by atoms with Gasteiger partial charge < -0.3 is 10.6 Å². The predicted octanol–water partition coefficient (Wildman–Crippen LogP) is 7.05. The van der Waals surface area contributed by atoms with Gasteiger partial charge in [-0.3, -0.25) is 9.59 Å². The number of allylic oxidation sites excluding steroid dienone is 3. The zero-order valence-electron chi connectivity index (χ0n) is 25.1. The second-order valence-electron chi connectivity index (χ2n) is 11.6. The lowest BCUT2D eigenvalue weighted by Gasteiger charge is -2.46. The minimum atomic E-state index is -1.18. The summed E-state index contributed by atoms with van der Waals surface area (Å²) in [5, 5.41) is 6.54. The average Bonchev–Trinajstić information content (AvgIpc) is 2.89. The molecule has 1 amide bonds. The molecule has 2 rings (SSSR count). The van der Waals surface area contributed by atoms with Gasteiger partial charge in [-0.25, -0.2) is 14.4 Å². The van der Waals surface area contributed by atoms with Crippen LogP contribution in [0.2, 0.25) is 0 Å². The van der Waals surface area contributed by atoms with Crippen molar-refractivity contribution in [2.75, 3.05) is 5.32 Å². The maximum Gasteiger partial charge on any atom is 0.247 e. The Bertz CT molecular complexity index is 1050. The molecule has 1 fully saturated rings. The first-order chi connectivity index (χ1) is 17.8. The third kappa shape index (κ3) is 7.97. The predicted molar refractivity (Wildman–Crippen MR) is 154 cm³/mol. The van der Waals surface area contributed by atoms with Crippen LogP contribution in [0.4, 0.5) is 10.2 Å². The highest BCUT2D eigenvalue weighted by Crippen LogP contribution is 2.42. The Hall–Kier alpha value is -2.57. The number of nitrogens with zero attached hydrogens (tertiary/aromatic N) is 2. The van der Waals surface area contributed by atoms with E-state index in [-0.39, 0.29) is 17.6 Å². The van der Waals surface area contributed by atoms with Gasteiger partial charge in [0.05, 0.1) is 5.70 Å². The average molecular weight is 529 g/mol. The number of Topliss-reactive ketones (excluding diaryl/α,β-unsaturated/α-hetero) is 1. The molecule has 6 nitrogen and oxygen atoms in total. The smallest absolute Gasteiger partial charge is 0.247 e. The second kappa shape index (κ2) is 13.5. The van der Waals surface area contributed by atoms with Crippen LogP contribution in [0.15, 0.2) is 29.2 Å². The Balaban J connectivity index is 2.37. The number of anilines is 1. The van der Waals surface area contributed by atoms with Gasteiger partial charge in [0.2, 0.25) is 5.91 Å². The van der Waals surface area contributed by atoms with Crippen molar-refractivity contribution in [1.29, 1.82) is 0 Å². The van der Waals surface area contributed by atoms with E-state index in [1.807, 2.05) is 6.92 Å². The monoisotopic (exact) mass is 528 g/mol. The van der Waals surface area contributed by atoms with Crippen LogP contribution in [0.1, 0.15) is 112 Å². The van der Waals surface area contributed by atoms with Crippen molar-refractivity contribution in [2.45, 2.75) is 125 Å². The molecule has 7 heteroatoms. The molecule has 0 radical (unpaired) electrons. The summed E-state index contributed by atoms with van der Waals surface area (Å²) < 4.78 is 14.6. The first-order valence-corrected chi connectivity index (χ1v) is 14.3. The summed E-state index contributed by atoms with van der Waals surface area (Å²) in [7, 11) is 0. The summed E-state index contributed by atoms with van der Waals surface area (Å²) in [6.07, 6.45) is 8.91. The molecule has 1 heterocycles. The quantitative estimate of drug-likeness (QED) is 0.224. The molecule has 0 aliphatic heterocycles. The minimum absolute atomic E-state index is 0.144. The lowest BCUT2D eigenvalue weighted by Crippen LogP contribution is -2.56. The number of carbonyl (C=O) groups is 2. The largest absolute Gasteiger partial charge is 0.347 e. The van der Waals surface area contributed by atoms with Gasteiger partial charge in [0, 0.05) is 29.3 Å². The maximum atomic E-state index is 14.6. The number of alkyl halides is 1. The number of halogens is 1. The number of amides is 1. The lowest BCUT2D eigenvalue weighted by atomic mass is 9.68. The molecule has 2 unspecified atom stereocenters. The van der Waals surface area contributed by atoms with Crippen LogP contribution in [0.25, 0.3) is 0 Å². The van der Waals surface area contributed by atoms with Gasteiger partial charge in [0.15, 0.2) is 5.78 Å². The van der Waals surface area contributed by atoms with Crippen molar-refractivity contribution in [3.63, 3.8) is 0 Å². The Labute approximate surface area is 229 Å². The molecule has 1 saturated carbocycles. The molecular weight excluding hydrogens is 479 g/mol. The van der Waals surface area contributed by atoms with Crippen molar-refractivity contribution >= 4 is 17.5 Å². The Kier molecular flexibility index (Phi) is 11.2. The van der Waals surface area contributed by atoms with Crippen LogP contribution in [0.5, 0.6) is 0 Å². The van der Waals surface area contributed by atoms with Gasteiger partial charge in [-0.2, -0.15) is 0 Å². The molecule has 38 heavy (non-hydrogen) atoms. The standard InChI is InChI=1S/C31H49FN4O2/c1-10-20(4)17-25-26(12-3)33-19-34-28(25)35-27(24(8)37)18-21(5)23(7)29(38)36-31(22(6)11-2)15-13-30(9,32)14-16-31/h18-20,22H,10-17H2,1-9H3,(H,36,38)(H,33,34,35)/b23-21+,27-18+.